The average Bonchev–Trinajstić information content (AvgIpc) is 3.06. The number of piperidine rings is 1. The maximum absolute atomic E-state index is 9.35. The van der Waals surface area contributed by atoms with Gasteiger partial charge < -0.3 is 16.4 Å². The van der Waals surface area contributed by atoms with Gasteiger partial charge in [-0.15, -0.1) is 16.4 Å². The third kappa shape index (κ3) is 2.11. The lowest BCUT2D eigenvalue weighted by atomic mass is 10.1. The number of rotatable bonds is 2. The van der Waals surface area contributed by atoms with Gasteiger partial charge in [-0.3, -0.25) is 0 Å². The molecule has 7 nitrogen and oxygen atoms in total. The fourth-order valence-electron chi connectivity index (χ4n) is 2.42. The lowest BCUT2D eigenvalue weighted by Crippen LogP contribution is -2.43. The van der Waals surface area contributed by atoms with Gasteiger partial charge in [-0.25, -0.2) is 4.98 Å². The van der Waals surface area contributed by atoms with Crippen LogP contribution in [0.5, 0.6) is 0 Å². The first-order chi connectivity index (χ1) is 9.70. The molecule has 1 aliphatic rings. The third-order valence-corrected chi connectivity index (χ3v) is 4.12. The Kier molecular flexibility index (Phi) is 3.30. The van der Waals surface area contributed by atoms with Gasteiger partial charge in [0.05, 0.1) is 0 Å². The summed E-state index contributed by atoms with van der Waals surface area (Å²) >= 11 is 1.43. The van der Waals surface area contributed by atoms with Crippen LogP contribution < -0.4 is 16.4 Å². The zero-order valence-corrected chi connectivity index (χ0v) is 11.7. The summed E-state index contributed by atoms with van der Waals surface area (Å²) in [4.78, 5) is 6.22. The van der Waals surface area contributed by atoms with Crippen LogP contribution in [0.3, 0.4) is 0 Å². The first kappa shape index (κ1) is 12.9. The Balaban J connectivity index is 2.03. The Morgan fingerprint density at radius 2 is 2.35 bits per heavy atom. The largest absolute Gasteiger partial charge is 0.382 e. The first-order valence-corrected chi connectivity index (χ1v) is 7.27. The van der Waals surface area contributed by atoms with Gasteiger partial charge in [0.2, 0.25) is 5.13 Å². The molecular weight excluding hydrogens is 274 g/mol. The molecule has 104 valence electrons. The second kappa shape index (κ2) is 5.11. The summed E-state index contributed by atoms with van der Waals surface area (Å²) < 4.78 is 1.53. The molecule has 1 atom stereocenters. The summed E-state index contributed by atoms with van der Waals surface area (Å²) in [5.74, 6) is 0.937. The first-order valence-electron chi connectivity index (χ1n) is 6.39. The number of nitrogen functional groups attached to an aromatic ring is 1. The Hall–Kier alpha value is -2.11. The van der Waals surface area contributed by atoms with E-state index in [1.54, 1.807) is 6.20 Å². The highest BCUT2D eigenvalue weighted by Gasteiger charge is 2.25. The van der Waals surface area contributed by atoms with Crippen molar-refractivity contribution in [2.45, 2.75) is 18.9 Å². The maximum Gasteiger partial charge on any atom is 0.212 e. The molecule has 0 aromatic carbocycles. The lowest BCUT2D eigenvalue weighted by Gasteiger charge is -2.30. The molecule has 0 saturated carbocycles. The molecule has 2 aromatic heterocycles. The summed E-state index contributed by atoms with van der Waals surface area (Å²) in [5, 5.41) is 16.3. The predicted octanol–water partition coefficient (Wildman–Crippen LogP) is 0.710. The van der Waals surface area contributed by atoms with Crippen molar-refractivity contribution in [3.05, 3.63) is 17.1 Å². The van der Waals surface area contributed by atoms with E-state index in [4.69, 9.17) is 11.5 Å². The molecule has 1 aliphatic heterocycles. The van der Waals surface area contributed by atoms with Crippen molar-refractivity contribution in [3.8, 4) is 11.2 Å². The standard InChI is InChI=1S/C12H15N7S/c13-6-9-10(15)19(12-16-3-5-20-12)17-11(9)18-4-1-2-8(14)7-18/h3,5,8H,1-2,4,7,14-15H2. The van der Waals surface area contributed by atoms with E-state index in [1.165, 1.54) is 16.0 Å². The van der Waals surface area contributed by atoms with Crippen molar-refractivity contribution < 1.29 is 0 Å². The van der Waals surface area contributed by atoms with Gasteiger partial charge in [0, 0.05) is 30.7 Å². The fourth-order valence-corrected chi connectivity index (χ4v) is 3.02. The highest BCUT2D eigenvalue weighted by Crippen LogP contribution is 2.29. The van der Waals surface area contributed by atoms with Crippen LogP contribution in [0.15, 0.2) is 11.6 Å². The van der Waals surface area contributed by atoms with Crippen LogP contribution in [0.1, 0.15) is 18.4 Å². The number of anilines is 2. The normalized spacial score (nSPS) is 19.0. The number of nitriles is 1. The van der Waals surface area contributed by atoms with Crippen molar-refractivity contribution in [1.29, 1.82) is 5.26 Å². The smallest absolute Gasteiger partial charge is 0.212 e. The lowest BCUT2D eigenvalue weighted by molar-refractivity contribution is 0.502. The number of nitrogens with two attached hydrogens (primary N) is 2. The number of thiazole rings is 1. The average molecular weight is 289 g/mol. The second-order valence-electron chi connectivity index (χ2n) is 4.77. The summed E-state index contributed by atoms with van der Waals surface area (Å²) in [7, 11) is 0. The molecule has 8 heteroatoms. The monoisotopic (exact) mass is 289 g/mol. The van der Waals surface area contributed by atoms with Gasteiger partial charge in [0.1, 0.15) is 17.5 Å². The van der Waals surface area contributed by atoms with Gasteiger partial charge in [-0.2, -0.15) is 9.94 Å². The van der Waals surface area contributed by atoms with Crippen molar-refractivity contribution in [2.75, 3.05) is 23.7 Å². The van der Waals surface area contributed by atoms with Crippen molar-refractivity contribution >= 4 is 23.0 Å². The summed E-state index contributed by atoms with van der Waals surface area (Å²) in [6.45, 7) is 1.54. The van der Waals surface area contributed by atoms with Crippen LogP contribution in [0.2, 0.25) is 0 Å². The molecule has 1 unspecified atom stereocenters. The zero-order chi connectivity index (χ0) is 14.1. The maximum atomic E-state index is 9.35. The molecule has 3 rings (SSSR count). The number of hydrogen-bond donors (Lipinski definition) is 2. The van der Waals surface area contributed by atoms with Crippen LogP contribution in [0.4, 0.5) is 11.6 Å². The highest BCUT2D eigenvalue weighted by molar-refractivity contribution is 7.12. The van der Waals surface area contributed by atoms with Gasteiger partial charge in [0.15, 0.2) is 5.82 Å². The SMILES string of the molecule is N#Cc1c(N2CCCC(N)C2)nn(-c2nccs2)c1N. The minimum atomic E-state index is 0.113. The van der Waals surface area contributed by atoms with Crippen LogP contribution >= 0.6 is 11.3 Å². The molecule has 20 heavy (non-hydrogen) atoms. The number of nitrogens with zero attached hydrogens (tertiary/aromatic N) is 5. The van der Waals surface area contributed by atoms with E-state index in [-0.39, 0.29) is 6.04 Å². The quantitative estimate of drug-likeness (QED) is 0.842. The van der Waals surface area contributed by atoms with Crippen LogP contribution in [-0.2, 0) is 0 Å². The molecule has 0 radical (unpaired) electrons. The van der Waals surface area contributed by atoms with E-state index in [2.05, 4.69) is 16.2 Å². The summed E-state index contributed by atoms with van der Waals surface area (Å²) in [6, 6.07) is 2.26. The molecule has 2 aromatic rings. The Morgan fingerprint density at radius 1 is 1.50 bits per heavy atom. The van der Waals surface area contributed by atoms with E-state index in [9.17, 15) is 5.26 Å². The fraction of sp³-hybridized carbons (Fsp3) is 0.417. The van der Waals surface area contributed by atoms with Gasteiger partial charge in [0.25, 0.3) is 0 Å². The Bertz CT molecular complexity index is 640. The number of aromatic nitrogens is 3. The molecule has 1 saturated heterocycles. The van der Waals surface area contributed by atoms with Crippen molar-refractivity contribution in [2.24, 2.45) is 5.73 Å². The van der Waals surface area contributed by atoms with Crippen LogP contribution in [0.25, 0.3) is 5.13 Å². The van der Waals surface area contributed by atoms with Gasteiger partial charge in [-0.05, 0) is 12.8 Å². The summed E-state index contributed by atoms with van der Waals surface area (Å²) in [5.41, 5.74) is 12.4. The van der Waals surface area contributed by atoms with Crippen molar-refractivity contribution in [3.63, 3.8) is 0 Å². The topological polar surface area (TPSA) is 110 Å². The Morgan fingerprint density at radius 3 is 3.00 bits per heavy atom. The highest BCUT2D eigenvalue weighted by atomic mass is 32.1. The summed E-state index contributed by atoms with van der Waals surface area (Å²) in [6.07, 6.45) is 3.68. The minimum Gasteiger partial charge on any atom is -0.382 e. The molecular formula is C12H15N7S. The minimum absolute atomic E-state index is 0.113. The van der Waals surface area contributed by atoms with E-state index >= 15 is 0 Å². The van der Waals surface area contributed by atoms with Crippen LogP contribution in [0, 0.1) is 11.3 Å². The molecule has 0 aliphatic carbocycles. The van der Waals surface area contributed by atoms with Crippen molar-refractivity contribution in [1.82, 2.24) is 14.8 Å². The van der Waals surface area contributed by atoms with E-state index in [0.717, 1.165) is 19.4 Å². The van der Waals surface area contributed by atoms with E-state index < -0.39 is 0 Å². The Labute approximate surface area is 120 Å². The molecule has 0 amide bonds. The van der Waals surface area contributed by atoms with Gasteiger partial charge in [-0.1, -0.05) is 0 Å². The predicted molar refractivity (Wildman–Crippen MR) is 77.8 cm³/mol. The molecule has 0 bridgehead atoms. The van der Waals surface area contributed by atoms with E-state index in [1.807, 2.05) is 10.3 Å². The molecule has 0 spiro atoms. The molecule has 3 heterocycles. The second-order valence-corrected chi connectivity index (χ2v) is 5.64. The molecule has 4 N–H and O–H groups in total. The third-order valence-electron chi connectivity index (χ3n) is 3.37. The number of hydrogen-bond acceptors (Lipinski definition) is 7. The van der Waals surface area contributed by atoms with Gasteiger partial charge >= 0.3 is 0 Å². The van der Waals surface area contributed by atoms with Crippen LogP contribution in [-0.4, -0.2) is 33.9 Å². The zero-order valence-electron chi connectivity index (χ0n) is 10.9. The van der Waals surface area contributed by atoms with E-state index in [0.29, 0.717) is 28.9 Å². The molecule has 1 fully saturated rings.